The van der Waals surface area contributed by atoms with Crippen LogP contribution in [0.5, 0.6) is 0 Å². The van der Waals surface area contributed by atoms with E-state index < -0.39 is 16.0 Å². The number of esters is 1. The predicted molar refractivity (Wildman–Crippen MR) is 80.4 cm³/mol. The fourth-order valence-corrected chi connectivity index (χ4v) is 2.85. The molecular weight excluding hydrogens is 294 g/mol. The molecule has 118 valence electrons. The summed E-state index contributed by atoms with van der Waals surface area (Å²) in [5.74, 6) is -0.549. The van der Waals surface area contributed by atoms with Crippen molar-refractivity contribution in [3.05, 3.63) is 29.8 Å². The number of benzene rings is 1. The maximum absolute atomic E-state index is 12.0. The van der Waals surface area contributed by atoms with Gasteiger partial charge in [0, 0.05) is 18.6 Å². The number of carbonyl (C=O) groups is 1. The van der Waals surface area contributed by atoms with Crippen LogP contribution >= 0.6 is 0 Å². The van der Waals surface area contributed by atoms with Gasteiger partial charge in [-0.05, 0) is 19.4 Å². The van der Waals surface area contributed by atoms with E-state index in [0.717, 1.165) is 5.56 Å². The van der Waals surface area contributed by atoms with Crippen molar-refractivity contribution in [2.45, 2.75) is 26.4 Å². The predicted octanol–water partition coefficient (Wildman–Crippen LogP) is 1.92. The summed E-state index contributed by atoms with van der Waals surface area (Å²) in [5, 5.41) is 0. The summed E-state index contributed by atoms with van der Waals surface area (Å²) in [6.07, 6.45) is 0.299. The quantitative estimate of drug-likeness (QED) is 0.704. The zero-order valence-electron chi connectivity index (χ0n) is 12.3. The van der Waals surface area contributed by atoms with Gasteiger partial charge in [0.25, 0.3) is 0 Å². The van der Waals surface area contributed by atoms with Crippen LogP contribution in [0.25, 0.3) is 0 Å². The van der Waals surface area contributed by atoms with Gasteiger partial charge >= 0.3 is 5.97 Å². The van der Waals surface area contributed by atoms with E-state index in [4.69, 9.17) is 4.74 Å². The molecule has 7 heteroatoms. The van der Waals surface area contributed by atoms with Crippen LogP contribution in [0.1, 0.15) is 25.3 Å². The average Bonchev–Trinajstić information content (AvgIpc) is 2.45. The summed E-state index contributed by atoms with van der Waals surface area (Å²) in [5.41, 5.74) is 1.28. The largest absolute Gasteiger partial charge is 0.469 e. The molecule has 1 aromatic rings. The Hall–Kier alpha value is -1.60. The first-order valence-corrected chi connectivity index (χ1v) is 8.36. The van der Waals surface area contributed by atoms with Crippen molar-refractivity contribution in [2.24, 2.45) is 0 Å². The summed E-state index contributed by atoms with van der Waals surface area (Å²) in [4.78, 5) is 11.0. The van der Waals surface area contributed by atoms with Gasteiger partial charge < -0.3 is 9.47 Å². The molecule has 0 heterocycles. The highest BCUT2D eigenvalue weighted by Crippen LogP contribution is 2.18. The van der Waals surface area contributed by atoms with Crippen LogP contribution in [-0.2, 0) is 30.9 Å². The van der Waals surface area contributed by atoms with Gasteiger partial charge in [0.05, 0.1) is 25.2 Å². The highest BCUT2D eigenvalue weighted by molar-refractivity contribution is 7.92. The molecule has 0 fully saturated rings. The number of carbonyl (C=O) groups excluding carboxylic acids is 1. The normalized spacial score (nSPS) is 11.1. The summed E-state index contributed by atoms with van der Waals surface area (Å²) >= 11 is 0. The van der Waals surface area contributed by atoms with E-state index in [0.29, 0.717) is 18.9 Å². The topological polar surface area (TPSA) is 81.7 Å². The fourth-order valence-electron chi connectivity index (χ4n) is 1.68. The highest BCUT2D eigenvalue weighted by atomic mass is 32.2. The van der Waals surface area contributed by atoms with Gasteiger partial charge in [-0.1, -0.05) is 18.2 Å². The minimum absolute atomic E-state index is 0.0814. The van der Waals surface area contributed by atoms with Crippen molar-refractivity contribution in [2.75, 3.05) is 24.2 Å². The number of rotatable bonds is 9. The van der Waals surface area contributed by atoms with E-state index in [-0.39, 0.29) is 18.6 Å². The Kier molecular flexibility index (Phi) is 7.18. The number of anilines is 1. The summed E-state index contributed by atoms with van der Waals surface area (Å²) in [6.45, 7) is 2.77. The zero-order chi connectivity index (χ0) is 15.7. The Morgan fingerprint density at radius 2 is 2.00 bits per heavy atom. The van der Waals surface area contributed by atoms with Gasteiger partial charge in [0.2, 0.25) is 10.0 Å². The van der Waals surface area contributed by atoms with Crippen molar-refractivity contribution in [3.63, 3.8) is 0 Å². The molecule has 0 aromatic heterocycles. The van der Waals surface area contributed by atoms with Crippen molar-refractivity contribution in [3.8, 4) is 0 Å². The number of methoxy groups -OCH3 is 1. The molecule has 0 unspecified atom stereocenters. The first-order chi connectivity index (χ1) is 9.98. The molecule has 6 nitrogen and oxygen atoms in total. The fraction of sp³-hybridized carbons (Fsp3) is 0.500. The molecule has 0 spiro atoms. The lowest BCUT2D eigenvalue weighted by atomic mass is 10.2. The minimum Gasteiger partial charge on any atom is -0.469 e. The van der Waals surface area contributed by atoms with Gasteiger partial charge in [0.15, 0.2) is 0 Å². The average molecular weight is 315 g/mol. The van der Waals surface area contributed by atoms with E-state index in [1.165, 1.54) is 7.11 Å². The Labute approximate surface area is 125 Å². The van der Waals surface area contributed by atoms with Crippen molar-refractivity contribution >= 4 is 21.7 Å². The Balaban J connectivity index is 2.64. The van der Waals surface area contributed by atoms with Crippen LogP contribution < -0.4 is 4.72 Å². The van der Waals surface area contributed by atoms with Crippen LogP contribution in [0.2, 0.25) is 0 Å². The molecule has 0 aliphatic rings. The SMILES string of the molecule is CCOCc1ccccc1NS(=O)(=O)CCCC(=O)OC. The van der Waals surface area contributed by atoms with Crippen molar-refractivity contribution < 1.29 is 22.7 Å². The maximum Gasteiger partial charge on any atom is 0.305 e. The van der Waals surface area contributed by atoms with Crippen LogP contribution in [0.3, 0.4) is 0 Å². The van der Waals surface area contributed by atoms with Crippen molar-refractivity contribution in [1.82, 2.24) is 0 Å². The van der Waals surface area contributed by atoms with Gasteiger partial charge in [0.1, 0.15) is 0 Å². The lowest BCUT2D eigenvalue weighted by Gasteiger charge is -2.12. The number of nitrogens with one attached hydrogen (secondary N) is 1. The maximum atomic E-state index is 12.0. The van der Waals surface area contributed by atoms with Gasteiger partial charge in [-0.3, -0.25) is 9.52 Å². The highest BCUT2D eigenvalue weighted by Gasteiger charge is 2.13. The number of para-hydroxylation sites is 1. The number of hydrogen-bond acceptors (Lipinski definition) is 5. The number of hydrogen-bond donors (Lipinski definition) is 1. The monoisotopic (exact) mass is 315 g/mol. The number of ether oxygens (including phenoxy) is 2. The molecule has 1 N–H and O–H groups in total. The van der Waals surface area contributed by atoms with Crippen LogP contribution in [0, 0.1) is 0 Å². The molecule has 0 amide bonds. The van der Waals surface area contributed by atoms with E-state index in [1.54, 1.807) is 12.1 Å². The second-order valence-electron chi connectivity index (χ2n) is 4.39. The summed E-state index contributed by atoms with van der Waals surface area (Å²) in [7, 11) is -2.22. The van der Waals surface area contributed by atoms with Gasteiger partial charge in [-0.2, -0.15) is 0 Å². The van der Waals surface area contributed by atoms with E-state index in [1.807, 2.05) is 19.1 Å². The number of sulfonamides is 1. The lowest BCUT2D eigenvalue weighted by Crippen LogP contribution is -2.18. The summed E-state index contributed by atoms with van der Waals surface area (Å²) in [6, 6.07) is 7.07. The second kappa shape index (κ2) is 8.63. The third kappa shape index (κ3) is 6.59. The third-order valence-corrected chi connectivity index (χ3v) is 4.12. The van der Waals surface area contributed by atoms with E-state index in [2.05, 4.69) is 9.46 Å². The Morgan fingerprint density at radius 3 is 2.67 bits per heavy atom. The molecule has 0 aliphatic carbocycles. The molecule has 0 radical (unpaired) electrons. The van der Waals surface area contributed by atoms with Crippen LogP contribution in [-0.4, -0.2) is 33.9 Å². The van der Waals surface area contributed by atoms with E-state index >= 15 is 0 Å². The molecule has 0 bridgehead atoms. The minimum atomic E-state index is -3.50. The second-order valence-corrected chi connectivity index (χ2v) is 6.24. The van der Waals surface area contributed by atoms with Crippen LogP contribution in [0.15, 0.2) is 24.3 Å². The van der Waals surface area contributed by atoms with Gasteiger partial charge in [-0.15, -0.1) is 0 Å². The van der Waals surface area contributed by atoms with E-state index in [9.17, 15) is 13.2 Å². The molecule has 1 rings (SSSR count). The molecule has 0 aliphatic heterocycles. The third-order valence-electron chi connectivity index (χ3n) is 2.77. The molecule has 21 heavy (non-hydrogen) atoms. The van der Waals surface area contributed by atoms with Gasteiger partial charge in [-0.25, -0.2) is 8.42 Å². The van der Waals surface area contributed by atoms with Crippen LogP contribution in [0.4, 0.5) is 5.69 Å². The Bertz CT molecular complexity index is 556. The molecule has 1 aromatic carbocycles. The Morgan fingerprint density at radius 1 is 1.29 bits per heavy atom. The smallest absolute Gasteiger partial charge is 0.305 e. The molecular formula is C14H21NO5S. The molecule has 0 saturated carbocycles. The first kappa shape index (κ1) is 17.5. The standard InChI is InChI=1S/C14H21NO5S/c1-3-20-11-12-7-4-5-8-13(12)15-21(17,18)10-6-9-14(16)19-2/h4-5,7-8,15H,3,6,9-11H2,1-2H3. The first-order valence-electron chi connectivity index (χ1n) is 6.71. The molecule has 0 atom stereocenters. The van der Waals surface area contributed by atoms with Crippen molar-refractivity contribution in [1.29, 1.82) is 0 Å². The summed E-state index contributed by atoms with van der Waals surface area (Å²) < 4.78 is 36.3. The lowest BCUT2D eigenvalue weighted by molar-refractivity contribution is -0.140. The zero-order valence-corrected chi connectivity index (χ0v) is 13.1. The molecule has 0 saturated heterocycles.